The van der Waals surface area contributed by atoms with Gasteiger partial charge in [0.2, 0.25) is 12.2 Å². The molecular formula is C12H14F2N3O4S+. The molecule has 3 atom stereocenters. The molecule has 0 spiro atoms. The van der Waals surface area contributed by atoms with Crippen molar-refractivity contribution in [2.75, 3.05) is 19.2 Å². The van der Waals surface area contributed by atoms with Crippen LogP contribution in [0.4, 0.5) is 8.78 Å². The Morgan fingerprint density at radius 1 is 1.50 bits per heavy atom. The lowest BCUT2D eigenvalue weighted by Gasteiger charge is -2.35. The molecule has 0 aromatic heterocycles. The zero-order valence-corrected chi connectivity index (χ0v) is 12.1. The van der Waals surface area contributed by atoms with Crippen molar-refractivity contribution in [2.24, 2.45) is 4.99 Å². The molecule has 2 aliphatic heterocycles. The molecular weight excluding hydrogens is 320 g/mol. The first-order chi connectivity index (χ1) is 10.3. The molecule has 2 aliphatic rings. The van der Waals surface area contributed by atoms with Crippen molar-refractivity contribution in [3.05, 3.63) is 35.4 Å². The van der Waals surface area contributed by atoms with Crippen LogP contribution in [0.1, 0.15) is 11.6 Å². The van der Waals surface area contributed by atoms with Gasteiger partial charge in [0.1, 0.15) is 24.4 Å². The summed E-state index contributed by atoms with van der Waals surface area (Å²) in [6.45, 7) is 0.421. The molecule has 2 heterocycles. The Balaban J connectivity index is 2.07. The molecule has 0 radical (unpaired) electrons. The molecule has 1 fully saturated rings. The van der Waals surface area contributed by atoms with E-state index in [-0.39, 0.29) is 12.2 Å². The Bertz CT molecular complexity index is 723. The van der Waals surface area contributed by atoms with Crippen molar-refractivity contribution in [3.63, 3.8) is 0 Å². The van der Waals surface area contributed by atoms with E-state index in [0.717, 1.165) is 12.1 Å². The van der Waals surface area contributed by atoms with Crippen molar-refractivity contribution < 1.29 is 31.1 Å². The number of benzene rings is 1. The van der Waals surface area contributed by atoms with Crippen LogP contribution in [-0.4, -0.2) is 49.2 Å². The quantitative estimate of drug-likeness (QED) is 0.467. The molecule has 0 amide bonds. The van der Waals surface area contributed by atoms with E-state index in [9.17, 15) is 21.8 Å². The molecule has 3 unspecified atom stereocenters. The van der Waals surface area contributed by atoms with Gasteiger partial charge in [-0.2, -0.15) is 13.0 Å². The monoisotopic (exact) mass is 334 g/mol. The van der Waals surface area contributed by atoms with Gasteiger partial charge in [-0.05, 0) is 12.1 Å². The minimum Gasteiger partial charge on any atom is -0.366 e. The highest BCUT2D eigenvalue weighted by atomic mass is 32.2. The number of hydrogen-bond donors (Lipinski definition) is 2. The number of hydrogen-bond acceptors (Lipinski definition) is 5. The summed E-state index contributed by atoms with van der Waals surface area (Å²) in [7, 11) is -4.38. The molecule has 1 aromatic carbocycles. The van der Waals surface area contributed by atoms with Crippen LogP contribution in [0.5, 0.6) is 0 Å². The van der Waals surface area contributed by atoms with Gasteiger partial charge in [-0.1, -0.05) is 0 Å². The average Bonchev–Trinajstić information content (AvgIpc) is 3.11. The van der Waals surface area contributed by atoms with E-state index < -0.39 is 44.4 Å². The SMILES string of the molecule is O=S(=O)(O)C[N+]1(C(c2ccc(F)cc2F)C2CO2)C=NCN1. The minimum atomic E-state index is -4.38. The van der Waals surface area contributed by atoms with Crippen LogP contribution in [-0.2, 0) is 14.9 Å². The standard InChI is InChI=1S/C12H13F2N3O4S/c13-8-1-2-9(10(14)3-8)12(11-4-21-11)17(6-15-5-16-17)7-22(18,19)20/h1-3,6,11-12,16H,4-5,7H2/p+1. The Kier molecular flexibility index (Phi) is 3.73. The highest BCUT2D eigenvalue weighted by Gasteiger charge is 2.53. The summed E-state index contributed by atoms with van der Waals surface area (Å²) in [5.41, 5.74) is 2.92. The number of aliphatic imine (C=N–C) groups is 1. The first-order valence-electron chi connectivity index (χ1n) is 6.46. The van der Waals surface area contributed by atoms with Gasteiger partial charge in [-0.3, -0.25) is 4.55 Å². The predicted octanol–water partition coefficient (Wildman–Crippen LogP) is 0.571. The zero-order chi connectivity index (χ0) is 16.0. The van der Waals surface area contributed by atoms with E-state index >= 15 is 0 Å². The van der Waals surface area contributed by atoms with Gasteiger partial charge < -0.3 is 4.74 Å². The molecule has 0 aliphatic carbocycles. The van der Waals surface area contributed by atoms with Gasteiger partial charge in [0.15, 0.2) is 6.04 Å². The second kappa shape index (κ2) is 5.32. The molecule has 1 saturated heterocycles. The van der Waals surface area contributed by atoms with E-state index in [0.29, 0.717) is 6.61 Å². The predicted molar refractivity (Wildman–Crippen MR) is 72.0 cm³/mol. The molecule has 3 rings (SSSR count). The van der Waals surface area contributed by atoms with Crippen molar-refractivity contribution in [2.45, 2.75) is 12.1 Å². The molecule has 120 valence electrons. The Labute approximate surface area is 125 Å². The number of quaternary nitrogens is 1. The van der Waals surface area contributed by atoms with Crippen LogP contribution in [0, 0.1) is 11.6 Å². The Hall–Kier alpha value is -1.46. The molecule has 2 N–H and O–H groups in total. The van der Waals surface area contributed by atoms with E-state index in [1.165, 1.54) is 12.4 Å². The molecule has 10 heteroatoms. The van der Waals surface area contributed by atoms with Crippen molar-refractivity contribution >= 4 is 16.5 Å². The maximum absolute atomic E-state index is 14.2. The molecule has 0 saturated carbocycles. The minimum absolute atomic E-state index is 0.0911. The van der Waals surface area contributed by atoms with Crippen molar-refractivity contribution in [1.29, 1.82) is 0 Å². The van der Waals surface area contributed by atoms with Gasteiger partial charge in [0.05, 0.1) is 12.2 Å². The highest BCUT2D eigenvalue weighted by Crippen LogP contribution is 2.39. The summed E-state index contributed by atoms with van der Waals surface area (Å²) >= 11 is 0. The van der Waals surface area contributed by atoms with Gasteiger partial charge in [-0.25, -0.2) is 13.8 Å². The normalized spacial score (nSPS) is 28.8. The fraction of sp³-hybridized carbons (Fsp3) is 0.417. The van der Waals surface area contributed by atoms with Crippen LogP contribution in [0.3, 0.4) is 0 Å². The lowest BCUT2D eigenvalue weighted by Crippen LogP contribution is -2.59. The lowest BCUT2D eigenvalue weighted by molar-refractivity contribution is -0.896. The molecule has 7 nitrogen and oxygen atoms in total. The topological polar surface area (TPSA) is 91.3 Å². The Morgan fingerprint density at radius 2 is 2.23 bits per heavy atom. The number of rotatable bonds is 5. The summed E-state index contributed by atoms with van der Waals surface area (Å²) in [4.78, 5) is 3.93. The summed E-state index contributed by atoms with van der Waals surface area (Å²) in [5, 5.41) is 0. The zero-order valence-electron chi connectivity index (χ0n) is 11.3. The second-order valence-electron chi connectivity index (χ2n) is 5.24. The van der Waals surface area contributed by atoms with Gasteiger partial charge in [-0.15, -0.1) is 5.43 Å². The van der Waals surface area contributed by atoms with E-state index in [1.807, 2.05) is 0 Å². The summed E-state index contributed by atoms with van der Waals surface area (Å²) in [6, 6.07) is 2.25. The fourth-order valence-electron chi connectivity index (χ4n) is 2.72. The number of nitrogens with zero attached hydrogens (tertiary/aromatic N) is 2. The number of halogens is 2. The summed E-state index contributed by atoms with van der Waals surface area (Å²) in [5.74, 6) is -2.28. The number of nitrogens with one attached hydrogen (secondary N) is 1. The third kappa shape index (κ3) is 3.01. The molecule has 0 bridgehead atoms. The van der Waals surface area contributed by atoms with E-state index in [2.05, 4.69) is 10.4 Å². The largest absolute Gasteiger partial charge is 0.366 e. The molecule has 1 aromatic rings. The average molecular weight is 334 g/mol. The van der Waals surface area contributed by atoms with Gasteiger partial charge in [0, 0.05) is 6.07 Å². The third-order valence-corrected chi connectivity index (χ3v) is 4.36. The third-order valence-electron chi connectivity index (χ3n) is 3.61. The number of epoxide rings is 1. The Morgan fingerprint density at radius 3 is 2.73 bits per heavy atom. The lowest BCUT2D eigenvalue weighted by atomic mass is 10.0. The summed E-state index contributed by atoms with van der Waals surface area (Å²) < 4.78 is 63.9. The van der Waals surface area contributed by atoms with Crippen LogP contribution >= 0.6 is 0 Å². The summed E-state index contributed by atoms with van der Waals surface area (Å²) in [6.07, 6.45) is 0.835. The highest BCUT2D eigenvalue weighted by molar-refractivity contribution is 7.85. The van der Waals surface area contributed by atoms with Crippen LogP contribution in [0.15, 0.2) is 23.2 Å². The smallest absolute Gasteiger partial charge is 0.318 e. The van der Waals surface area contributed by atoms with Gasteiger partial charge in [0.25, 0.3) is 0 Å². The van der Waals surface area contributed by atoms with E-state index in [1.54, 1.807) is 0 Å². The molecule has 22 heavy (non-hydrogen) atoms. The maximum Gasteiger partial charge on any atom is 0.318 e. The fourth-order valence-corrected chi connectivity index (χ4v) is 3.58. The first kappa shape index (κ1) is 15.4. The number of ether oxygens (including phenoxy) is 1. The van der Waals surface area contributed by atoms with Gasteiger partial charge >= 0.3 is 10.1 Å². The first-order valence-corrected chi connectivity index (χ1v) is 8.07. The van der Waals surface area contributed by atoms with E-state index in [4.69, 9.17) is 4.74 Å². The van der Waals surface area contributed by atoms with Crippen LogP contribution in [0.2, 0.25) is 0 Å². The van der Waals surface area contributed by atoms with Crippen LogP contribution in [0.25, 0.3) is 0 Å². The van der Waals surface area contributed by atoms with Crippen LogP contribution < -0.4 is 5.43 Å². The second-order valence-corrected chi connectivity index (χ2v) is 6.66. The van der Waals surface area contributed by atoms with Crippen molar-refractivity contribution in [1.82, 2.24) is 5.43 Å². The van der Waals surface area contributed by atoms with Crippen molar-refractivity contribution in [3.8, 4) is 0 Å². The maximum atomic E-state index is 14.2.